The molecule has 0 aromatic rings. The summed E-state index contributed by atoms with van der Waals surface area (Å²) in [5, 5.41) is 8.71. The molecular formula is C9H14O4. The molecule has 2 rings (SSSR count). The highest BCUT2D eigenvalue weighted by molar-refractivity contribution is 5.72. The Morgan fingerprint density at radius 1 is 1.23 bits per heavy atom. The second-order valence-corrected chi connectivity index (χ2v) is 3.63. The van der Waals surface area contributed by atoms with E-state index in [0.717, 1.165) is 25.9 Å². The number of carbonyl (C=O) groups is 1. The first kappa shape index (κ1) is 8.97. The third kappa shape index (κ3) is 1.84. The topological polar surface area (TPSA) is 55.8 Å². The molecule has 2 heterocycles. The molecule has 74 valence electrons. The number of ether oxygens (including phenoxy) is 2. The monoisotopic (exact) mass is 186 g/mol. The van der Waals surface area contributed by atoms with Gasteiger partial charge >= 0.3 is 5.97 Å². The Bertz CT molecular complexity index is 198. The van der Waals surface area contributed by atoms with E-state index in [9.17, 15) is 4.79 Å². The first-order valence-corrected chi connectivity index (χ1v) is 4.77. The van der Waals surface area contributed by atoms with Gasteiger partial charge in [-0.25, -0.2) is 4.79 Å². The number of rotatable bonds is 2. The molecule has 2 aliphatic heterocycles. The van der Waals surface area contributed by atoms with E-state index in [1.54, 1.807) is 0 Å². The maximum atomic E-state index is 10.6. The van der Waals surface area contributed by atoms with Crippen LogP contribution in [0.1, 0.15) is 25.7 Å². The Morgan fingerprint density at radius 2 is 2.08 bits per heavy atom. The van der Waals surface area contributed by atoms with Gasteiger partial charge in [-0.1, -0.05) is 0 Å². The third-order valence-electron chi connectivity index (χ3n) is 2.71. The second-order valence-electron chi connectivity index (χ2n) is 3.63. The molecule has 13 heavy (non-hydrogen) atoms. The molecule has 0 aromatic heterocycles. The Hall–Kier alpha value is -0.610. The Morgan fingerprint density at radius 3 is 2.62 bits per heavy atom. The van der Waals surface area contributed by atoms with Crippen molar-refractivity contribution in [1.82, 2.24) is 0 Å². The van der Waals surface area contributed by atoms with Crippen LogP contribution in [0, 0.1) is 0 Å². The highest BCUT2D eigenvalue weighted by Crippen LogP contribution is 2.28. The summed E-state index contributed by atoms with van der Waals surface area (Å²) in [4.78, 5) is 10.6. The van der Waals surface area contributed by atoms with Crippen molar-refractivity contribution >= 4 is 5.97 Å². The highest BCUT2D eigenvalue weighted by atomic mass is 16.6. The van der Waals surface area contributed by atoms with Gasteiger partial charge in [-0.2, -0.15) is 0 Å². The van der Waals surface area contributed by atoms with E-state index in [2.05, 4.69) is 0 Å². The van der Waals surface area contributed by atoms with E-state index in [1.807, 2.05) is 0 Å². The van der Waals surface area contributed by atoms with Crippen molar-refractivity contribution in [1.29, 1.82) is 0 Å². The number of carboxylic acid groups (broad SMARTS) is 1. The van der Waals surface area contributed by atoms with E-state index < -0.39 is 12.1 Å². The van der Waals surface area contributed by atoms with E-state index in [1.165, 1.54) is 0 Å². The van der Waals surface area contributed by atoms with Gasteiger partial charge in [0.25, 0.3) is 0 Å². The van der Waals surface area contributed by atoms with E-state index in [0.29, 0.717) is 6.42 Å². The normalized spacial score (nSPS) is 39.5. The Labute approximate surface area is 76.8 Å². The van der Waals surface area contributed by atoms with Gasteiger partial charge in [0.2, 0.25) is 0 Å². The molecule has 2 aliphatic rings. The molecule has 0 aromatic carbocycles. The third-order valence-corrected chi connectivity index (χ3v) is 2.71. The summed E-state index contributed by atoms with van der Waals surface area (Å²) in [5.41, 5.74) is 0. The highest BCUT2D eigenvalue weighted by Gasteiger charge is 2.36. The van der Waals surface area contributed by atoms with Crippen LogP contribution in [-0.2, 0) is 14.3 Å². The molecule has 4 heteroatoms. The SMILES string of the molecule is O=C(O)[C@@H]1CC[C@H]([C@H]2CCCO2)O1. The zero-order chi connectivity index (χ0) is 9.26. The van der Waals surface area contributed by atoms with Gasteiger partial charge in [0.05, 0.1) is 12.2 Å². The van der Waals surface area contributed by atoms with E-state index >= 15 is 0 Å². The van der Waals surface area contributed by atoms with Crippen molar-refractivity contribution < 1.29 is 19.4 Å². The molecule has 3 atom stereocenters. The number of hydrogen-bond acceptors (Lipinski definition) is 3. The van der Waals surface area contributed by atoms with Gasteiger partial charge in [-0.05, 0) is 25.7 Å². The number of hydrogen-bond donors (Lipinski definition) is 1. The van der Waals surface area contributed by atoms with Crippen molar-refractivity contribution in [2.45, 2.75) is 44.0 Å². The van der Waals surface area contributed by atoms with E-state index in [4.69, 9.17) is 14.6 Å². The first-order chi connectivity index (χ1) is 6.27. The molecule has 1 N–H and O–H groups in total. The molecule has 0 aliphatic carbocycles. The molecular weight excluding hydrogens is 172 g/mol. The molecule has 0 saturated carbocycles. The summed E-state index contributed by atoms with van der Waals surface area (Å²) in [5.74, 6) is -0.847. The first-order valence-electron chi connectivity index (χ1n) is 4.77. The molecule has 0 spiro atoms. The number of carboxylic acids is 1. The maximum Gasteiger partial charge on any atom is 0.332 e. The summed E-state index contributed by atoms with van der Waals surface area (Å²) in [6, 6.07) is 0. The molecule has 0 radical (unpaired) electrons. The van der Waals surface area contributed by atoms with Crippen LogP contribution in [0.2, 0.25) is 0 Å². The fraction of sp³-hybridized carbons (Fsp3) is 0.889. The van der Waals surface area contributed by atoms with E-state index in [-0.39, 0.29) is 12.2 Å². The number of aliphatic carboxylic acids is 1. The van der Waals surface area contributed by atoms with Crippen LogP contribution < -0.4 is 0 Å². The van der Waals surface area contributed by atoms with Gasteiger partial charge in [0, 0.05) is 6.61 Å². The maximum absolute atomic E-state index is 10.6. The van der Waals surface area contributed by atoms with Crippen molar-refractivity contribution in [3.05, 3.63) is 0 Å². The molecule has 4 nitrogen and oxygen atoms in total. The summed E-state index contributed by atoms with van der Waals surface area (Å²) in [7, 11) is 0. The lowest BCUT2D eigenvalue weighted by atomic mass is 10.1. The quantitative estimate of drug-likeness (QED) is 0.693. The fourth-order valence-corrected chi connectivity index (χ4v) is 2.01. The van der Waals surface area contributed by atoms with Gasteiger partial charge in [0.1, 0.15) is 0 Å². The van der Waals surface area contributed by atoms with Gasteiger partial charge < -0.3 is 14.6 Å². The lowest BCUT2D eigenvalue weighted by Crippen LogP contribution is -2.28. The fourth-order valence-electron chi connectivity index (χ4n) is 2.01. The molecule has 2 saturated heterocycles. The van der Waals surface area contributed by atoms with Crippen molar-refractivity contribution in [3.63, 3.8) is 0 Å². The molecule has 0 bridgehead atoms. The minimum absolute atomic E-state index is 0.0172. The van der Waals surface area contributed by atoms with Crippen LogP contribution in [0.4, 0.5) is 0 Å². The van der Waals surface area contributed by atoms with Crippen molar-refractivity contribution in [3.8, 4) is 0 Å². The largest absolute Gasteiger partial charge is 0.479 e. The van der Waals surface area contributed by atoms with Crippen LogP contribution in [0.3, 0.4) is 0 Å². The standard InChI is InChI=1S/C9H14O4/c10-9(11)8-4-3-7(13-8)6-2-1-5-12-6/h6-8H,1-5H2,(H,10,11)/t6-,7-,8+/m1/s1. The van der Waals surface area contributed by atoms with Gasteiger partial charge in [-0.3, -0.25) is 0 Å². The van der Waals surface area contributed by atoms with Crippen molar-refractivity contribution in [2.24, 2.45) is 0 Å². The molecule has 0 amide bonds. The minimum atomic E-state index is -0.847. The lowest BCUT2D eigenvalue weighted by Gasteiger charge is -2.17. The average Bonchev–Trinajstić information content (AvgIpc) is 2.75. The smallest absolute Gasteiger partial charge is 0.332 e. The lowest BCUT2D eigenvalue weighted by molar-refractivity contribution is -0.152. The van der Waals surface area contributed by atoms with Gasteiger partial charge in [-0.15, -0.1) is 0 Å². The zero-order valence-electron chi connectivity index (χ0n) is 7.44. The van der Waals surface area contributed by atoms with Crippen LogP contribution >= 0.6 is 0 Å². The summed E-state index contributed by atoms with van der Waals surface area (Å²) in [6.07, 6.45) is 3.09. The van der Waals surface area contributed by atoms with Crippen LogP contribution in [0.25, 0.3) is 0 Å². The van der Waals surface area contributed by atoms with Crippen LogP contribution in [0.5, 0.6) is 0 Å². The van der Waals surface area contributed by atoms with Crippen molar-refractivity contribution in [2.75, 3.05) is 6.61 Å². The average molecular weight is 186 g/mol. The van der Waals surface area contributed by atoms with Crippen LogP contribution in [0.15, 0.2) is 0 Å². The van der Waals surface area contributed by atoms with Crippen LogP contribution in [-0.4, -0.2) is 36.0 Å². The zero-order valence-corrected chi connectivity index (χ0v) is 7.44. The molecule has 2 fully saturated rings. The predicted molar refractivity (Wildman–Crippen MR) is 44.5 cm³/mol. The summed E-state index contributed by atoms with van der Waals surface area (Å²) >= 11 is 0. The Balaban J connectivity index is 1.86. The minimum Gasteiger partial charge on any atom is -0.479 e. The summed E-state index contributed by atoms with van der Waals surface area (Å²) < 4.78 is 10.8. The second kappa shape index (κ2) is 3.64. The summed E-state index contributed by atoms with van der Waals surface area (Å²) in [6.45, 7) is 0.794. The predicted octanol–water partition coefficient (Wildman–Crippen LogP) is 0.798. The Kier molecular flexibility index (Phi) is 2.51. The molecule has 0 unspecified atom stereocenters. The van der Waals surface area contributed by atoms with Gasteiger partial charge in [0.15, 0.2) is 6.10 Å².